The van der Waals surface area contributed by atoms with Gasteiger partial charge in [0.25, 0.3) is 0 Å². The average molecular weight is 1070 g/mol. The van der Waals surface area contributed by atoms with Crippen molar-refractivity contribution in [2.24, 2.45) is 17.8 Å². The van der Waals surface area contributed by atoms with Crippen molar-refractivity contribution in [3.05, 3.63) is 95.6 Å². The number of hydrogen-bond acceptors (Lipinski definition) is 12. The number of carbonyl (C=O) groups is 6. The van der Waals surface area contributed by atoms with Gasteiger partial charge in [0.1, 0.15) is 24.3 Å². The average Bonchev–Trinajstić information content (AvgIpc) is 4.02. The summed E-state index contributed by atoms with van der Waals surface area (Å²) in [5, 5.41) is 11.4. The van der Waals surface area contributed by atoms with Crippen LogP contribution in [0.4, 0.5) is 9.59 Å². The van der Waals surface area contributed by atoms with Crippen LogP contribution in [0.5, 0.6) is 0 Å². The van der Waals surface area contributed by atoms with E-state index in [4.69, 9.17) is 28.4 Å². The molecule has 18 heteroatoms. The number of likely N-dealkylation sites (N-methyl/N-ethyl adjacent to an activating group) is 1. The molecule has 77 heavy (non-hydrogen) atoms. The van der Waals surface area contributed by atoms with E-state index in [1.807, 2.05) is 82.3 Å². The van der Waals surface area contributed by atoms with E-state index in [2.05, 4.69) is 45.5 Å². The molecule has 6 amide bonds. The molecule has 0 spiro atoms. The lowest BCUT2D eigenvalue weighted by atomic mass is 9.89. The van der Waals surface area contributed by atoms with Crippen LogP contribution in [0.25, 0.3) is 11.1 Å². The molecule has 0 aromatic heterocycles. The zero-order chi connectivity index (χ0) is 56.2. The van der Waals surface area contributed by atoms with Crippen LogP contribution in [-0.4, -0.2) is 162 Å². The van der Waals surface area contributed by atoms with Crippen molar-refractivity contribution < 1.29 is 57.2 Å². The standard InChI is InChI=1S/C59H86N6O12/c1-12-39(4)52(64(9)56(69)51(38(2)3)63-58(71)77-59(6,7)8)49(72-10)36-50(66)65-30-20-27-48(65)53(73-11)40(5)54(67)62-47(35-41-21-14-13-15-22-41)55(68)60-28-31-74-33-34-75-32-29-61-57(70)76-37-46-44-25-18-16-23-42(44)43-24-17-19-26-45(43)46/h13-19,21-26,38-40,46-49,51-53H,12,20,27-37H2,1-11H3,(H,60,68)(H,61,70)(H,62,67)(H,63,71)/t39-,40+,47-,48-,49+,51-,52-,53+/m0/s1. The Morgan fingerprint density at radius 3 is 1.91 bits per heavy atom. The zero-order valence-electron chi connectivity index (χ0n) is 47.3. The maximum Gasteiger partial charge on any atom is 0.408 e. The van der Waals surface area contributed by atoms with Crippen molar-refractivity contribution in [2.75, 3.05) is 73.9 Å². The SMILES string of the molecule is CC[C@H](C)[C@@H]([C@@H](CC(=O)N1CCC[C@H]1[C@H](OC)[C@@H](C)C(=O)N[C@@H](Cc1ccccc1)C(=O)NCCOCCOCCNC(=O)OCC1c2ccccc2-c2ccccc21)OC)N(C)C(=O)[C@@H](NC(=O)OC(C)(C)C)C(C)C. The Morgan fingerprint density at radius 1 is 0.740 bits per heavy atom. The number of carbonyl (C=O) groups excluding carboxylic acids is 6. The third-order valence-electron chi connectivity index (χ3n) is 14.6. The molecule has 0 unspecified atom stereocenters. The highest BCUT2D eigenvalue weighted by atomic mass is 16.6. The fraction of sp³-hybridized carbons (Fsp3) is 0.593. The number of amides is 6. The van der Waals surface area contributed by atoms with Crippen molar-refractivity contribution in [3.8, 4) is 11.1 Å². The minimum absolute atomic E-state index is 0.0266. The van der Waals surface area contributed by atoms with Crippen LogP contribution in [0.1, 0.15) is 104 Å². The predicted molar refractivity (Wildman–Crippen MR) is 294 cm³/mol. The van der Waals surface area contributed by atoms with Crippen LogP contribution in [0.3, 0.4) is 0 Å². The number of ether oxygens (including phenoxy) is 6. The largest absolute Gasteiger partial charge is 0.449 e. The Morgan fingerprint density at radius 2 is 1.34 bits per heavy atom. The molecule has 8 atom stereocenters. The van der Waals surface area contributed by atoms with Crippen LogP contribution in [-0.2, 0) is 54.0 Å². The summed E-state index contributed by atoms with van der Waals surface area (Å²) in [4.78, 5) is 85.2. The fourth-order valence-corrected chi connectivity index (χ4v) is 10.4. The highest BCUT2D eigenvalue weighted by Crippen LogP contribution is 2.44. The van der Waals surface area contributed by atoms with Crippen LogP contribution in [0.2, 0.25) is 0 Å². The topological polar surface area (TPSA) is 212 Å². The highest BCUT2D eigenvalue weighted by molar-refractivity contribution is 5.89. The molecule has 18 nitrogen and oxygen atoms in total. The van der Waals surface area contributed by atoms with Crippen molar-refractivity contribution in [1.82, 2.24) is 31.1 Å². The summed E-state index contributed by atoms with van der Waals surface area (Å²) < 4.78 is 34.5. The summed E-state index contributed by atoms with van der Waals surface area (Å²) in [6.07, 6.45) is -0.445. The lowest BCUT2D eigenvalue weighted by Crippen LogP contribution is -2.58. The van der Waals surface area contributed by atoms with Crippen LogP contribution < -0.4 is 21.3 Å². The Kier molecular flexibility index (Phi) is 24.2. The second-order valence-electron chi connectivity index (χ2n) is 21.5. The van der Waals surface area contributed by atoms with E-state index in [0.717, 1.165) is 27.8 Å². The summed E-state index contributed by atoms with van der Waals surface area (Å²) >= 11 is 0. The van der Waals surface area contributed by atoms with E-state index in [1.54, 1.807) is 44.5 Å². The maximum atomic E-state index is 14.4. The van der Waals surface area contributed by atoms with Gasteiger partial charge in [-0.25, -0.2) is 9.59 Å². The van der Waals surface area contributed by atoms with E-state index in [0.29, 0.717) is 25.8 Å². The zero-order valence-corrected chi connectivity index (χ0v) is 47.3. The first-order valence-corrected chi connectivity index (χ1v) is 27.3. The maximum absolute atomic E-state index is 14.4. The number of fused-ring (bicyclic) bond motifs is 3. The molecule has 4 N–H and O–H groups in total. The third kappa shape index (κ3) is 17.7. The van der Waals surface area contributed by atoms with Crippen molar-refractivity contribution >= 4 is 35.8 Å². The van der Waals surface area contributed by atoms with Gasteiger partial charge in [-0.3, -0.25) is 19.2 Å². The Balaban J connectivity index is 1.09. The number of nitrogens with one attached hydrogen (secondary N) is 4. The first-order chi connectivity index (χ1) is 36.8. The first kappa shape index (κ1) is 61.8. The quantitative estimate of drug-likeness (QED) is 0.0525. The van der Waals surface area contributed by atoms with Gasteiger partial charge in [0.15, 0.2) is 0 Å². The molecule has 2 aliphatic rings. The van der Waals surface area contributed by atoms with Gasteiger partial charge in [0, 0.05) is 53.2 Å². The van der Waals surface area contributed by atoms with Gasteiger partial charge in [-0.1, -0.05) is 120 Å². The second-order valence-corrected chi connectivity index (χ2v) is 21.5. The van der Waals surface area contributed by atoms with Crippen LogP contribution in [0.15, 0.2) is 78.9 Å². The van der Waals surface area contributed by atoms with Crippen molar-refractivity contribution in [1.29, 1.82) is 0 Å². The van der Waals surface area contributed by atoms with Gasteiger partial charge in [-0.15, -0.1) is 0 Å². The monoisotopic (exact) mass is 1070 g/mol. The first-order valence-electron chi connectivity index (χ1n) is 27.3. The van der Waals surface area contributed by atoms with E-state index in [9.17, 15) is 28.8 Å². The smallest absolute Gasteiger partial charge is 0.408 e. The number of methoxy groups -OCH3 is 2. The summed E-state index contributed by atoms with van der Waals surface area (Å²) in [5.41, 5.74) is 4.71. The summed E-state index contributed by atoms with van der Waals surface area (Å²) in [6, 6.07) is 23.0. The molecule has 1 aliphatic carbocycles. The lowest BCUT2D eigenvalue weighted by Gasteiger charge is -2.40. The summed E-state index contributed by atoms with van der Waals surface area (Å²) in [6.45, 7) is 16.8. The van der Waals surface area contributed by atoms with Crippen molar-refractivity contribution in [2.45, 2.75) is 135 Å². The number of nitrogens with zero attached hydrogens (tertiary/aromatic N) is 2. The van der Waals surface area contributed by atoms with E-state index in [-0.39, 0.29) is 94.4 Å². The summed E-state index contributed by atoms with van der Waals surface area (Å²) in [5.74, 6) is -2.44. The Hall–Kier alpha value is -6.08. The number of likely N-dealkylation sites (tertiary alicyclic amines) is 1. The van der Waals surface area contributed by atoms with E-state index >= 15 is 0 Å². The van der Waals surface area contributed by atoms with Gasteiger partial charge in [-0.2, -0.15) is 0 Å². The number of benzene rings is 3. The Labute approximate surface area is 456 Å². The van der Waals surface area contributed by atoms with Gasteiger partial charge < -0.3 is 59.5 Å². The second kappa shape index (κ2) is 30.2. The van der Waals surface area contributed by atoms with Gasteiger partial charge in [-0.05, 0) is 73.3 Å². The fourth-order valence-electron chi connectivity index (χ4n) is 10.4. The van der Waals surface area contributed by atoms with E-state index < -0.39 is 66.0 Å². The molecule has 3 aromatic rings. The molecule has 1 fully saturated rings. The number of hydrogen-bond donors (Lipinski definition) is 4. The number of alkyl carbamates (subject to hydrolysis) is 2. The molecule has 424 valence electrons. The lowest BCUT2D eigenvalue weighted by molar-refractivity contribution is -0.147. The minimum Gasteiger partial charge on any atom is -0.449 e. The van der Waals surface area contributed by atoms with Gasteiger partial charge in [0.2, 0.25) is 23.6 Å². The number of rotatable bonds is 29. The van der Waals surface area contributed by atoms with Gasteiger partial charge in [0.05, 0.1) is 63.1 Å². The van der Waals surface area contributed by atoms with E-state index in [1.165, 1.54) is 14.2 Å². The molecule has 0 radical (unpaired) electrons. The van der Waals surface area contributed by atoms with Crippen molar-refractivity contribution in [3.63, 3.8) is 0 Å². The normalized spacial score (nSPS) is 16.9. The molecule has 1 heterocycles. The third-order valence-corrected chi connectivity index (χ3v) is 14.6. The molecule has 0 saturated carbocycles. The molecular weight excluding hydrogens is 985 g/mol. The molecule has 1 aliphatic heterocycles. The molecule has 0 bridgehead atoms. The molecular formula is C59H86N6O12. The highest BCUT2D eigenvalue weighted by Gasteiger charge is 2.43. The minimum atomic E-state index is -0.923. The van der Waals surface area contributed by atoms with Crippen LogP contribution in [0, 0.1) is 17.8 Å². The van der Waals surface area contributed by atoms with Crippen LogP contribution >= 0.6 is 0 Å². The molecule has 1 saturated heterocycles. The predicted octanol–water partition coefficient (Wildman–Crippen LogP) is 6.87. The Bertz CT molecular complexity index is 2340. The van der Waals surface area contributed by atoms with Gasteiger partial charge >= 0.3 is 12.2 Å². The molecule has 3 aromatic carbocycles. The molecule has 5 rings (SSSR count). The summed E-state index contributed by atoms with van der Waals surface area (Å²) in [7, 11) is 4.73.